The van der Waals surface area contributed by atoms with E-state index in [4.69, 9.17) is 4.74 Å². The number of piperazine rings is 1. The van der Waals surface area contributed by atoms with E-state index in [-0.39, 0.29) is 6.03 Å². The molecule has 7 nitrogen and oxygen atoms in total. The van der Waals surface area contributed by atoms with Crippen LogP contribution in [-0.4, -0.2) is 54.2 Å². The fourth-order valence-electron chi connectivity index (χ4n) is 3.35. The summed E-state index contributed by atoms with van der Waals surface area (Å²) in [4.78, 5) is 25.4. The van der Waals surface area contributed by atoms with Crippen LogP contribution in [0.1, 0.15) is 0 Å². The summed E-state index contributed by atoms with van der Waals surface area (Å²) < 4.78 is 6.15. The summed E-state index contributed by atoms with van der Waals surface area (Å²) in [6.07, 6.45) is 1.58. The standard InChI is InChI=1S/C22H22BrN5O2/c1-30-19-7-5-16(6-8-19)20-14-21(25-15-24-20)27-9-11-28(12-10-27)22(29)26-18-4-2-3-17(23)13-18/h2-8,13-15H,9-12H2,1H3,(H,26,29). The van der Waals surface area contributed by atoms with E-state index in [1.165, 1.54) is 0 Å². The zero-order chi connectivity index (χ0) is 20.9. The third-order valence-electron chi connectivity index (χ3n) is 5.01. The summed E-state index contributed by atoms with van der Waals surface area (Å²) in [5.74, 6) is 1.67. The number of ether oxygens (including phenoxy) is 1. The average molecular weight is 468 g/mol. The Labute approximate surface area is 183 Å². The normalized spacial score (nSPS) is 13.8. The van der Waals surface area contributed by atoms with Gasteiger partial charge in [-0.2, -0.15) is 0 Å². The third-order valence-corrected chi connectivity index (χ3v) is 5.50. The number of amides is 2. The van der Waals surface area contributed by atoms with E-state index < -0.39 is 0 Å². The first-order chi connectivity index (χ1) is 14.6. The van der Waals surface area contributed by atoms with Crippen molar-refractivity contribution in [3.05, 3.63) is 65.4 Å². The summed E-state index contributed by atoms with van der Waals surface area (Å²) >= 11 is 3.42. The Hall–Kier alpha value is -3.13. The van der Waals surface area contributed by atoms with Crippen LogP contribution in [-0.2, 0) is 0 Å². The van der Waals surface area contributed by atoms with Crippen LogP contribution in [0.2, 0.25) is 0 Å². The molecule has 1 saturated heterocycles. The topological polar surface area (TPSA) is 70.6 Å². The molecule has 2 amide bonds. The second kappa shape index (κ2) is 9.13. The molecule has 3 aromatic rings. The molecule has 1 fully saturated rings. The number of nitrogens with zero attached hydrogens (tertiary/aromatic N) is 4. The number of rotatable bonds is 4. The number of hydrogen-bond acceptors (Lipinski definition) is 5. The molecular weight excluding hydrogens is 446 g/mol. The molecule has 0 spiro atoms. The van der Waals surface area contributed by atoms with Crippen molar-refractivity contribution >= 4 is 33.5 Å². The lowest BCUT2D eigenvalue weighted by atomic mass is 10.1. The molecule has 4 rings (SSSR count). The summed E-state index contributed by atoms with van der Waals surface area (Å²) in [5.41, 5.74) is 2.64. The van der Waals surface area contributed by atoms with Crippen molar-refractivity contribution in [1.82, 2.24) is 14.9 Å². The molecule has 0 aliphatic carbocycles. The highest BCUT2D eigenvalue weighted by Gasteiger charge is 2.22. The number of benzene rings is 2. The first-order valence-corrected chi connectivity index (χ1v) is 10.4. The number of hydrogen-bond donors (Lipinski definition) is 1. The fraction of sp³-hybridized carbons (Fsp3) is 0.227. The Kier molecular flexibility index (Phi) is 6.13. The first kappa shape index (κ1) is 20.2. The largest absolute Gasteiger partial charge is 0.497 e. The van der Waals surface area contributed by atoms with Crippen LogP contribution in [0, 0.1) is 0 Å². The number of anilines is 2. The van der Waals surface area contributed by atoms with E-state index in [0.29, 0.717) is 26.2 Å². The van der Waals surface area contributed by atoms with Gasteiger partial charge in [-0.3, -0.25) is 0 Å². The first-order valence-electron chi connectivity index (χ1n) is 9.65. The maximum absolute atomic E-state index is 12.6. The Morgan fingerprint density at radius 3 is 2.50 bits per heavy atom. The molecule has 2 heterocycles. The van der Waals surface area contributed by atoms with Crippen molar-refractivity contribution in [2.24, 2.45) is 0 Å². The van der Waals surface area contributed by atoms with Crippen molar-refractivity contribution in [3.8, 4) is 17.0 Å². The highest BCUT2D eigenvalue weighted by atomic mass is 79.9. The second-order valence-electron chi connectivity index (χ2n) is 6.90. The monoisotopic (exact) mass is 467 g/mol. The van der Waals surface area contributed by atoms with Gasteiger partial charge in [0.2, 0.25) is 0 Å². The van der Waals surface area contributed by atoms with Crippen molar-refractivity contribution in [1.29, 1.82) is 0 Å². The lowest BCUT2D eigenvalue weighted by molar-refractivity contribution is 0.208. The van der Waals surface area contributed by atoms with Gasteiger partial charge in [-0.05, 0) is 42.5 Å². The van der Waals surface area contributed by atoms with Gasteiger partial charge < -0.3 is 19.9 Å². The maximum Gasteiger partial charge on any atom is 0.321 e. The predicted molar refractivity (Wildman–Crippen MR) is 121 cm³/mol. The van der Waals surface area contributed by atoms with Gasteiger partial charge in [-0.25, -0.2) is 14.8 Å². The molecule has 1 aromatic heterocycles. The van der Waals surface area contributed by atoms with Gasteiger partial charge in [0.05, 0.1) is 12.8 Å². The number of nitrogens with one attached hydrogen (secondary N) is 1. The van der Waals surface area contributed by atoms with Crippen LogP contribution >= 0.6 is 15.9 Å². The molecule has 1 N–H and O–H groups in total. The van der Waals surface area contributed by atoms with Gasteiger partial charge in [-0.15, -0.1) is 0 Å². The third kappa shape index (κ3) is 4.71. The van der Waals surface area contributed by atoms with Crippen molar-refractivity contribution in [2.75, 3.05) is 43.5 Å². The Balaban J connectivity index is 1.38. The number of halogens is 1. The van der Waals surface area contributed by atoms with Crippen LogP contribution in [0.4, 0.5) is 16.3 Å². The van der Waals surface area contributed by atoms with Crippen molar-refractivity contribution in [2.45, 2.75) is 0 Å². The average Bonchev–Trinajstić information content (AvgIpc) is 2.79. The van der Waals surface area contributed by atoms with Gasteiger partial charge in [0, 0.05) is 48.0 Å². The van der Waals surface area contributed by atoms with E-state index in [0.717, 1.165) is 33.0 Å². The van der Waals surface area contributed by atoms with Gasteiger partial charge >= 0.3 is 6.03 Å². The number of carbonyl (C=O) groups is 1. The molecule has 0 bridgehead atoms. The molecule has 8 heteroatoms. The van der Waals surface area contributed by atoms with Crippen LogP contribution in [0.25, 0.3) is 11.3 Å². The van der Waals surface area contributed by atoms with Gasteiger partial charge in [0.1, 0.15) is 17.9 Å². The Bertz CT molecular complexity index is 1020. The van der Waals surface area contributed by atoms with Gasteiger partial charge in [-0.1, -0.05) is 22.0 Å². The van der Waals surface area contributed by atoms with E-state index in [1.807, 2.05) is 59.5 Å². The lowest BCUT2D eigenvalue weighted by Gasteiger charge is -2.35. The van der Waals surface area contributed by atoms with Crippen LogP contribution < -0.4 is 15.0 Å². The molecule has 0 unspecified atom stereocenters. The molecule has 30 heavy (non-hydrogen) atoms. The molecule has 154 valence electrons. The minimum Gasteiger partial charge on any atom is -0.497 e. The van der Waals surface area contributed by atoms with Crippen LogP contribution in [0.15, 0.2) is 65.4 Å². The van der Waals surface area contributed by atoms with Crippen molar-refractivity contribution in [3.63, 3.8) is 0 Å². The highest BCUT2D eigenvalue weighted by Crippen LogP contribution is 2.24. The Morgan fingerprint density at radius 1 is 1.03 bits per heavy atom. The smallest absolute Gasteiger partial charge is 0.321 e. The number of methoxy groups -OCH3 is 1. The highest BCUT2D eigenvalue weighted by molar-refractivity contribution is 9.10. The maximum atomic E-state index is 12.6. The Morgan fingerprint density at radius 2 is 1.80 bits per heavy atom. The minimum absolute atomic E-state index is 0.0886. The van der Waals surface area contributed by atoms with E-state index in [9.17, 15) is 4.79 Å². The number of carbonyl (C=O) groups excluding carboxylic acids is 1. The molecule has 0 atom stereocenters. The van der Waals surface area contributed by atoms with Gasteiger partial charge in [0.25, 0.3) is 0 Å². The molecular formula is C22H22BrN5O2. The van der Waals surface area contributed by atoms with E-state index in [1.54, 1.807) is 13.4 Å². The SMILES string of the molecule is COc1ccc(-c2cc(N3CCN(C(=O)Nc4cccc(Br)c4)CC3)ncn2)cc1. The van der Waals surface area contributed by atoms with E-state index >= 15 is 0 Å². The van der Waals surface area contributed by atoms with Gasteiger partial charge in [0.15, 0.2) is 0 Å². The zero-order valence-corrected chi connectivity index (χ0v) is 18.2. The summed E-state index contributed by atoms with van der Waals surface area (Å²) in [6, 6.07) is 17.3. The summed E-state index contributed by atoms with van der Waals surface area (Å²) in [7, 11) is 1.65. The lowest BCUT2D eigenvalue weighted by Crippen LogP contribution is -2.50. The second-order valence-corrected chi connectivity index (χ2v) is 7.82. The number of urea groups is 1. The fourth-order valence-corrected chi connectivity index (χ4v) is 3.75. The van der Waals surface area contributed by atoms with Crippen molar-refractivity contribution < 1.29 is 9.53 Å². The van der Waals surface area contributed by atoms with Crippen LogP contribution in [0.3, 0.4) is 0 Å². The summed E-state index contributed by atoms with van der Waals surface area (Å²) in [5, 5.41) is 2.95. The minimum atomic E-state index is -0.0886. The molecule has 2 aromatic carbocycles. The number of aromatic nitrogens is 2. The van der Waals surface area contributed by atoms with E-state index in [2.05, 4.69) is 36.1 Å². The predicted octanol–water partition coefficient (Wildman–Crippen LogP) is 4.27. The van der Waals surface area contributed by atoms with Crippen LogP contribution in [0.5, 0.6) is 5.75 Å². The molecule has 1 aliphatic rings. The summed E-state index contributed by atoms with van der Waals surface area (Å²) in [6.45, 7) is 2.68. The molecule has 0 radical (unpaired) electrons. The molecule has 1 aliphatic heterocycles. The quantitative estimate of drug-likeness (QED) is 0.620. The molecule has 0 saturated carbocycles. The zero-order valence-electron chi connectivity index (χ0n) is 16.6.